The number of halogens is 2. The zero-order valence-corrected chi connectivity index (χ0v) is 14.2. The van der Waals surface area contributed by atoms with Crippen LogP contribution in [0.5, 0.6) is 0 Å². The van der Waals surface area contributed by atoms with E-state index in [4.69, 9.17) is 10.8 Å². The molecule has 0 saturated carbocycles. The van der Waals surface area contributed by atoms with E-state index in [1.807, 2.05) is 11.8 Å². The molecule has 0 amide bonds. The van der Waals surface area contributed by atoms with Gasteiger partial charge in [-0.3, -0.25) is 15.4 Å². The molecule has 0 radical (unpaired) electrons. The lowest BCUT2D eigenvalue weighted by atomic mass is 9.96. The lowest BCUT2D eigenvalue weighted by Gasteiger charge is -2.32. The molecule has 132 valence electrons. The average Bonchev–Trinajstić information content (AvgIpc) is 2.61. The summed E-state index contributed by atoms with van der Waals surface area (Å²) in [7, 11) is 0. The molecule has 0 unspecified atom stereocenters. The molecule has 2 heterocycles. The highest BCUT2D eigenvalue weighted by Crippen LogP contribution is 2.37. The summed E-state index contributed by atoms with van der Waals surface area (Å²) in [6.45, 7) is 2.48. The van der Waals surface area contributed by atoms with Gasteiger partial charge in [-0.15, -0.1) is 0 Å². The zero-order chi connectivity index (χ0) is 18.4. The van der Waals surface area contributed by atoms with Crippen LogP contribution in [-0.4, -0.2) is 22.4 Å². The molecule has 26 heavy (non-hydrogen) atoms. The second-order valence-corrected chi connectivity index (χ2v) is 6.40. The van der Waals surface area contributed by atoms with Crippen LogP contribution in [0.2, 0.25) is 0 Å². The smallest absolute Gasteiger partial charge is 0.229 e. The maximum absolute atomic E-state index is 14.0. The maximum atomic E-state index is 14.0. The third-order valence-electron chi connectivity index (χ3n) is 4.80. The van der Waals surface area contributed by atoms with Crippen molar-refractivity contribution in [3.05, 3.63) is 58.7 Å². The summed E-state index contributed by atoms with van der Waals surface area (Å²) in [5.41, 5.74) is 3.00. The Hall–Kier alpha value is -3.09. The molecule has 2 N–H and O–H groups in total. The van der Waals surface area contributed by atoms with Crippen LogP contribution in [0.15, 0.2) is 30.3 Å². The Balaban J connectivity index is 2.04. The predicted octanol–water partition coefficient (Wildman–Crippen LogP) is 3.64. The van der Waals surface area contributed by atoms with Crippen molar-refractivity contribution in [2.45, 2.75) is 19.8 Å². The van der Waals surface area contributed by atoms with E-state index in [0.29, 0.717) is 29.0 Å². The van der Waals surface area contributed by atoms with Crippen molar-refractivity contribution >= 4 is 28.7 Å². The Morgan fingerprint density at radius 1 is 1.15 bits per heavy atom. The first kappa shape index (κ1) is 16.4. The van der Waals surface area contributed by atoms with E-state index in [1.165, 1.54) is 34.9 Å². The van der Waals surface area contributed by atoms with E-state index in [1.54, 1.807) is 0 Å². The summed E-state index contributed by atoms with van der Waals surface area (Å²) in [5, 5.41) is 16.2. The van der Waals surface area contributed by atoms with Crippen LogP contribution >= 0.6 is 0 Å². The first-order valence-electron chi connectivity index (χ1n) is 8.33. The second kappa shape index (κ2) is 6.01. The molecule has 0 atom stereocenters. The Kier molecular flexibility index (Phi) is 3.79. The van der Waals surface area contributed by atoms with Crippen molar-refractivity contribution in [3.63, 3.8) is 0 Å². The van der Waals surface area contributed by atoms with Gasteiger partial charge in [-0.1, -0.05) is 0 Å². The highest BCUT2D eigenvalue weighted by atomic mass is 19.1. The number of nitrogens with one attached hydrogen (secondary N) is 2. The van der Waals surface area contributed by atoms with Crippen molar-refractivity contribution in [2.24, 2.45) is 0 Å². The van der Waals surface area contributed by atoms with Gasteiger partial charge < -0.3 is 4.90 Å². The van der Waals surface area contributed by atoms with Crippen LogP contribution in [0.4, 0.5) is 20.3 Å². The number of anilines is 2. The molecule has 1 aliphatic heterocycles. The molecule has 0 aliphatic carbocycles. The third kappa shape index (κ3) is 2.47. The van der Waals surface area contributed by atoms with Crippen molar-refractivity contribution in [1.29, 1.82) is 10.8 Å². The van der Waals surface area contributed by atoms with E-state index < -0.39 is 5.82 Å². The SMILES string of the molecule is Cc1cc(F)cc2c1CCCN2c1nc(=N)n(C=N)c2ccc(F)cc12. The fourth-order valence-corrected chi connectivity index (χ4v) is 3.64. The molecule has 0 fully saturated rings. The monoisotopic (exact) mass is 353 g/mol. The van der Waals surface area contributed by atoms with Gasteiger partial charge in [0.25, 0.3) is 0 Å². The number of nitrogens with zero attached hydrogens (tertiary/aromatic N) is 3. The number of aryl methyl sites for hydroxylation is 1. The normalized spacial score (nSPS) is 13.7. The summed E-state index contributed by atoms with van der Waals surface area (Å²) in [6, 6.07) is 7.14. The van der Waals surface area contributed by atoms with Gasteiger partial charge in [0.15, 0.2) is 0 Å². The molecule has 0 bridgehead atoms. The summed E-state index contributed by atoms with van der Waals surface area (Å²) in [6.07, 6.45) is 2.67. The van der Waals surface area contributed by atoms with Gasteiger partial charge in [0.1, 0.15) is 17.5 Å². The van der Waals surface area contributed by atoms with Crippen LogP contribution in [0.25, 0.3) is 10.9 Å². The number of hydrogen-bond acceptors (Lipinski definition) is 4. The van der Waals surface area contributed by atoms with E-state index in [9.17, 15) is 8.78 Å². The molecule has 7 heteroatoms. The molecule has 0 saturated heterocycles. The van der Waals surface area contributed by atoms with E-state index in [2.05, 4.69) is 4.98 Å². The third-order valence-corrected chi connectivity index (χ3v) is 4.80. The van der Waals surface area contributed by atoms with Crippen molar-refractivity contribution in [3.8, 4) is 0 Å². The van der Waals surface area contributed by atoms with Crippen molar-refractivity contribution in [1.82, 2.24) is 9.55 Å². The lowest BCUT2D eigenvalue weighted by Crippen LogP contribution is -2.31. The molecule has 0 spiro atoms. The molecule has 1 aromatic heterocycles. The van der Waals surface area contributed by atoms with Crippen LogP contribution in [0, 0.1) is 29.4 Å². The standard InChI is InChI=1S/C19H17F2N5/c1-11-7-13(21)9-17-14(11)3-2-6-25(17)18-15-8-12(20)4-5-16(15)26(10-22)19(23)24-18/h4-5,7-10,22-23H,2-3,6H2,1H3. The molecule has 4 rings (SSSR count). The van der Waals surface area contributed by atoms with Crippen LogP contribution in [0.1, 0.15) is 17.5 Å². The molecular weight excluding hydrogens is 336 g/mol. The summed E-state index contributed by atoms with van der Waals surface area (Å²) in [5.74, 6) is -0.351. The van der Waals surface area contributed by atoms with E-state index >= 15 is 0 Å². The highest BCUT2D eigenvalue weighted by molar-refractivity contribution is 5.94. The van der Waals surface area contributed by atoms with Gasteiger partial charge in [-0.2, -0.15) is 4.98 Å². The van der Waals surface area contributed by atoms with Gasteiger partial charge in [0.2, 0.25) is 5.62 Å². The van der Waals surface area contributed by atoms with E-state index in [-0.39, 0.29) is 11.4 Å². The minimum absolute atomic E-state index is 0.130. The van der Waals surface area contributed by atoms with Gasteiger partial charge in [-0.05, 0) is 61.2 Å². The van der Waals surface area contributed by atoms with Gasteiger partial charge >= 0.3 is 0 Å². The van der Waals surface area contributed by atoms with Gasteiger partial charge in [0.05, 0.1) is 11.9 Å². The Morgan fingerprint density at radius 3 is 2.73 bits per heavy atom. The fraction of sp³-hybridized carbons (Fsp3) is 0.211. The first-order valence-corrected chi connectivity index (χ1v) is 8.33. The number of rotatable bonds is 2. The largest absolute Gasteiger partial charge is 0.325 e. The van der Waals surface area contributed by atoms with Crippen molar-refractivity contribution in [2.75, 3.05) is 11.4 Å². The number of aromatic nitrogens is 2. The van der Waals surface area contributed by atoms with Crippen molar-refractivity contribution < 1.29 is 8.78 Å². The summed E-state index contributed by atoms with van der Waals surface area (Å²) >= 11 is 0. The molecule has 2 aromatic carbocycles. The number of fused-ring (bicyclic) bond motifs is 2. The molecule has 1 aliphatic rings. The molecular formula is C19H17F2N5. The first-order chi connectivity index (χ1) is 12.5. The Morgan fingerprint density at radius 2 is 1.96 bits per heavy atom. The summed E-state index contributed by atoms with van der Waals surface area (Å²) in [4.78, 5) is 6.16. The van der Waals surface area contributed by atoms with Crippen LogP contribution in [0.3, 0.4) is 0 Å². The Labute approximate surface area is 148 Å². The van der Waals surface area contributed by atoms with Crippen LogP contribution < -0.4 is 10.5 Å². The summed E-state index contributed by atoms with van der Waals surface area (Å²) < 4.78 is 29.2. The molecule has 5 nitrogen and oxygen atoms in total. The van der Waals surface area contributed by atoms with Crippen LogP contribution in [-0.2, 0) is 6.42 Å². The number of hydrogen-bond donors (Lipinski definition) is 2. The topological polar surface area (TPSA) is 68.8 Å². The van der Waals surface area contributed by atoms with E-state index in [0.717, 1.165) is 30.3 Å². The minimum Gasteiger partial charge on any atom is -0.325 e. The minimum atomic E-state index is -0.428. The molecule has 3 aromatic rings. The zero-order valence-electron chi connectivity index (χ0n) is 14.2. The quantitative estimate of drug-likeness (QED) is 0.545. The predicted molar refractivity (Wildman–Crippen MR) is 96.2 cm³/mol. The van der Waals surface area contributed by atoms with Gasteiger partial charge in [0, 0.05) is 17.6 Å². The maximum Gasteiger partial charge on any atom is 0.229 e. The average molecular weight is 353 g/mol. The van der Waals surface area contributed by atoms with Gasteiger partial charge in [-0.25, -0.2) is 8.78 Å². The lowest BCUT2D eigenvalue weighted by molar-refractivity contribution is 0.621. The number of benzene rings is 2. The Bertz CT molecular complexity index is 1100. The fourth-order valence-electron chi connectivity index (χ4n) is 3.64. The second-order valence-electron chi connectivity index (χ2n) is 6.40. The highest BCUT2D eigenvalue weighted by Gasteiger charge is 2.24.